The van der Waals surface area contributed by atoms with Crippen LogP contribution in [0, 0.1) is 24.1 Å². The van der Waals surface area contributed by atoms with Crippen LogP contribution in [0.1, 0.15) is 11.4 Å². The summed E-state index contributed by atoms with van der Waals surface area (Å²) in [5, 5.41) is 8.60. The van der Waals surface area contributed by atoms with Gasteiger partial charge >= 0.3 is 0 Å². The molecule has 0 saturated heterocycles. The Balaban J connectivity index is 2.26. The molecule has 3 nitrogen and oxygen atoms in total. The highest BCUT2D eigenvalue weighted by Crippen LogP contribution is 2.31. The van der Waals surface area contributed by atoms with E-state index in [0.717, 1.165) is 0 Å². The van der Waals surface area contributed by atoms with Crippen molar-refractivity contribution in [1.29, 1.82) is 5.26 Å². The van der Waals surface area contributed by atoms with E-state index in [1.165, 1.54) is 29.4 Å². The summed E-state index contributed by atoms with van der Waals surface area (Å²) in [6.07, 6.45) is 0. The van der Waals surface area contributed by atoms with Gasteiger partial charge in [0.1, 0.15) is 11.6 Å². The van der Waals surface area contributed by atoms with Crippen molar-refractivity contribution in [2.75, 3.05) is 0 Å². The van der Waals surface area contributed by atoms with E-state index in [4.69, 9.17) is 5.26 Å². The smallest absolute Gasteiger partial charge is 0.174 e. The van der Waals surface area contributed by atoms with Crippen LogP contribution in [0.3, 0.4) is 0 Å². The fraction of sp³-hybridized carbons (Fsp3) is 0.100. The summed E-state index contributed by atoms with van der Waals surface area (Å²) >= 11 is 2.45. The van der Waals surface area contributed by atoms with E-state index < -0.39 is 5.82 Å². The lowest BCUT2D eigenvalue weighted by Gasteiger charge is -1.99. The topological polar surface area (TPSA) is 49.6 Å². The highest BCUT2D eigenvalue weighted by Gasteiger charge is 2.08. The lowest BCUT2D eigenvalue weighted by Crippen LogP contribution is -1.83. The van der Waals surface area contributed by atoms with Crippen molar-refractivity contribution < 1.29 is 4.39 Å². The quantitative estimate of drug-likeness (QED) is 0.823. The molecule has 0 aliphatic heterocycles. The van der Waals surface area contributed by atoms with Crippen LogP contribution in [0.2, 0.25) is 0 Å². The first-order chi connectivity index (χ1) is 7.69. The Bertz CT molecular complexity index is 559. The summed E-state index contributed by atoms with van der Waals surface area (Å²) in [5.74, 6) is 0.276. The molecule has 0 unspecified atom stereocenters. The zero-order valence-electron chi connectivity index (χ0n) is 8.27. The van der Waals surface area contributed by atoms with E-state index in [9.17, 15) is 4.39 Å². The molecule has 6 heteroatoms. The molecule has 0 N–H and O–H groups in total. The van der Waals surface area contributed by atoms with Crippen LogP contribution < -0.4 is 0 Å². The maximum Gasteiger partial charge on any atom is 0.174 e. The number of nitriles is 1. The Hall–Kier alpha value is -1.45. The second-order valence-electron chi connectivity index (χ2n) is 2.97. The lowest BCUT2D eigenvalue weighted by molar-refractivity contribution is 0.601. The molecular weight excluding hydrogens is 245 g/mol. The third-order valence-corrected chi connectivity index (χ3v) is 3.66. The molecule has 16 heavy (non-hydrogen) atoms. The van der Waals surface area contributed by atoms with Gasteiger partial charge < -0.3 is 0 Å². The van der Waals surface area contributed by atoms with E-state index in [0.29, 0.717) is 20.6 Å². The molecule has 0 saturated carbocycles. The van der Waals surface area contributed by atoms with Crippen LogP contribution in [0.5, 0.6) is 0 Å². The minimum atomic E-state index is -0.406. The molecule has 0 aliphatic carbocycles. The Labute approximate surface area is 100 Å². The summed E-state index contributed by atoms with van der Waals surface area (Å²) in [7, 11) is 0. The van der Waals surface area contributed by atoms with Crippen molar-refractivity contribution in [2.24, 2.45) is 0 Å². The maximum absolute atomic E-state index is 13.5. The normalized spacial score (nSPS) is 10.1. The van der Waals surface area contributed by atoms with Crippen molar-refractivity contribution in [2.45, 2.75) is 16.2 Å². The van der Waals surface area contributed by atoms with Crippen LogP contribution in [0.15, 0.2) is 27.4 Å². The third kappa shape index (κ3) is 2.38. The Morgan fingerprint density at radius 2 is 2.31 bits per heavy atom. The first kappa shape index (κ1) is 11.0. The number of aryl methyl sites for hydroxylation is 1. The second-order valence-corrected chi connectivity index (χ2v) is 5.01. The predicted molar refractivity (Wildman–Crippen MR) is 59.9 cm³/mol. The molecule has 80 valence electrons. The molecule has 0 fully saturated rings. The fourth-order valence-corrected chi connectivity index (χ4v) is 2.68. The highest BCUT2D eigenvalue weighted by atomic mass is 32.2. The van der Waals surface area contributed by atoms with E-state index in [2.05, 4.69) is 9.36 Å². The Morgan fingerprint density at radius 3 is 2.88 bits per heavy atom. The van der Waals surface area contributed by atoms with Crippen molar-refractivity contribution in [3.63, 3.8) is 0 Å². The van der Waals surface area contributed by atoms with E-state index in [-0.39, 0.29) is 0 Å². The lowest BCUT2D eigenvalue weighted by atomic mass is 10.2. The summed E-state index contributed by atoms with van der Waals surface area (Å²) in [6.45, 7) is 1.79. The molecule has 0 atom stereocenters. The minimum absolute atomic E-state index is 0.315. The van der Waals surface area contributed by atoms with Gasteiger partial charge in [0.2, 0.25) is 0 Å². The molecule has 0 aliphatic rings. The van der Waals surface area contributed by atoms with Crippen LogP contribution in [0.4, 0.5) is 4.39 Å². The van der Waals surface area contributed by atoms with Gasteiger partial charge in [-0.05, 0) is 36.7 Å². The molecular formula is C10H6FN3S2. The van der Waals surface area contributed by atoms with Crippen molar-refractivity contribution >= 4 is 23.3 Å². The van der Waals surface area contributed by atoms with Crippen molar-refractivity contribution in [1.82, 2.24) is 9.36 Å². The van der Waals surface area contributed by atoms with E-state index in [1.54, 1.807) is 19.1 Å². The molecule has 0 amide bonds. The van der Waals surface area contributed by atoms with Crippen molar-refractivity contribution in [3.05, 3.63) is 35.4 Å². The Morgan fingerprint density at radius 1 is 1.50 bits per heavy atom. The van der Waals surface area contributed by atoms with Crippen LogP contribution >= 0.6 is 23.3 Å². The molecule has 1 heterocycles. The molecule has 2 aromatic rings. The second kappa shape index (κ2) is 4.60. The number of rotatable bonds is 2. The fourth-order valence-electron chi connectivity index (χ4n) is 1.07. The number of hydrogen-bond donors (Lipinski definition) is 0. The zero-order valence-corrected chi connectivity index (χ0v) is 9.90. The van der Waals surface area contributed by atoms with Gasteiger partial charge in [-0.2, -0.15) is 9.64 Å². The predicted octanol–water partition coefficient (Wildman–Crippen LogP) is 3.01. The van der Waals surface area contributed by atoms with Crippen molar-refractivity contribution in [3.8, 4) is 6.07 Å². The number of nitrogens with zero attached hydrogens (tertiary/aromatic N) is 3. The zero-order chi connectivity index (χ0) is 11.5. The Kier molecular flexibility index (Phi) is 3.17. The molecule has 1 aromatic carbocycles. The summed E-state index contributed by atoms with van der Waals surface area (Å²) in [4.78, 5) is 4.58. The van der Waals surface area contributed by atoms with Crippen LogP contribution in [0.25, 0.3) is 0 Å². The maximum atomic E-state index is 13.5. The van der Waals surface area contributed by atoms with Gasteiger partial charge in [0, 0.05) is 0 Å². The monoisotopic (exact) mass is 251 g/mol. The molecule has 0 radical (unpaired) electrons. The van der Waals surface area contributed by atoms with Crippen LogP contribution in [-0.4, -0.2) is 9.36 Å². The van der Waals surface area contributed by atoms with E-state index >= 15 is 0 Å². The van der Waals surface area contributed by atoms with E-state index in [1.807, 2.05) is 6.07 Å². The molecule has 2 rings (SSSR count). The first-order valence-corrected chi connectivity index (χ1v) is 5.96. The summed E-state index contributed by atoms with van der Waals surface area (Å²) < 4.78 is 18.2. The number of benzene rings is 1. The van der Waals surface area contributed by atoms with Gasteiger partial charge in [0.25, 0.3) is 0 Å². The third-order valence-electron chi connectivity index (χ3n) is 1.77. The van der Waals surface area contributed by atoms with Gasteiger partial charge in [-0.15, -0.1) is 0 Å². The minimum Gasteiger partial charge on any atom is -0.213 e. The van der Waals surface area contributed by atoms with Crippen LogP contribution in [-0.2, 0) is 0 Å². The van der Waals surface area contributed by atoms with Gasteiger partial charge in [-0.1, -0.05) is 11.8 Å². The molecule has 0 bridgehead atoms. The molecule has 0 spiro atoms. The molecule has 1 aromatic heterocycles. The van der Waals surface area contributed by atoms with Gasteiger partial charge in [-0.3, -0.25) is 0 Å². The number of aromatic nitrogens is 2. The average Bonchev–Trinajstić information content (AvgIpc) is 2.67. The standard InChI is InChI=1S/C10H6FN3S2/c1-6-13-10(16-14-6)15-9-3-2-7(5-12)4-8(9)11/h2-4H,1H3. The summed E-state index contributed by atoms with van der Waals surface area (Å²) in [6, 6.07) is 6.27. The SMILES string of the molecule is Cc1nsc(Sc2ccc(C#N)cc2F)n1. The first-order valence-electron chi connectivity index (χ1n) is 4.37. The van der Waals surface area contributed by atoms with Gasteiger partial charge in [-0.25, -0.2) is 9.37 Å². The largest absolute Gasteiger partial charge is 0.213 e. The van der Waals surface area contributed by atoms with Gasteiger partial charge in [0.05, 0.1) is 16.5 Å². The highest BCUT2D eigenvalue weighted by molar-refractivity contribution is 8.01. The number of hydrogen-bond acceptors (Lipinski definition) is 5. The number of halogens is 1. The average molecular weight is 251 g/mol. The van der Waals surface area contributed by atoms with Gasteiger partial charge in [0.15, 0.2) is 4.34 Å². The summed E-state index contributed by atoms with van der Waals surface area (Å²) in [5.41, 5.74) is 0.315.